The number of amidine groups is 1. The number of anilines is 1. The van der Waals surface area contributed by atoms with Gasteiger partial charge in [-0.2, -0.15) is 8.42 Å². The van der Waals surface area contributed by atoms with Gasteiger partial charge in [0, 0.05) is 30.6 Å². The molecule has 1 aliphatic rings. The Hall–Kier alpha value is -2.03. The van der Waals surface area contributed by atoms with Crippen LogP contribution < -0.4 is 5.32 Å². The molecule has 6 nitrogen and oxygen atoms in total. The molecule has 0 aromatic heterocycles. The van der Waals surface area contributed by atoms with Crippen molar-refractivity contribution in [3.63, 3.8) is 0 Å². The lowest BCUT2D eigenvalue weighted by molar-refractivity contribution is 0.102. The van der Waals surface area contributed by atoms with E-state index in [2.05, 4.69) is 9.71 Å². The fourth-order valence-electron chi connectivity index (χ4n) is 2.82. The van der Waals surface area contributed by atoms with Crippen LogP contribution in [0.2, 0.25) is 5.02 Å². The quantitative estimate of drug-likeness (QED) is 0.711. The highest BCUT2D eigenvalue weighted by Crippen LogP contribution is 2.24. The van der Waals surface area contributed by atoms with Crippen LogP contribution >= 0.6 is 23.4 Å². The van der Waals surface area contributed by atoms with E-state index in [1.54, 1.807) is 12.1 Å². The van der Waals surface area contributed by atoms with Crippen molar-refractivity contribution < 1.29 is 13.2 Å². The average Bonchev–Trinajstić information content (AvgIpc) is 3.06. The lowest BCUT2D eigenvalue weighted by Crippen LogP contribution is -2.20. The summed E-state index contributed by atoms with van der Waals surface area (Å²) in [4.78, 5) is 15.4. The number of hydrogen-bond donors (Lipinski definition) is 1. The summed E-state index contributed by atoms with van der Waals surface area (Å²) in [6.45, 7) is 0.805. The topological polar surface area (TPSA) is 78.8 Å². The molecule has 0 radical (unpaired) electrons. The Bertz CT molecular complexity index is 1020. The van der Waals surface area contributed by atoms with Crippen LogP contribution in [0.5, 0.6) is 0 Å². The van der Waals surface area contributed by atoms with Gasteiger partial charge in [0.05, 0.1) is 15.5 Å². The van der Waals surface area contributed by atoms with Crippen molar-refractivity contribution in [1.82, 2.24) is 4.90 Å². The second kappa shape index (κ2) is 8.55. The molecule has 1 N–H and O–H groups in total. The molecule has 0 atom stereocenters. The average molecular weight is 438 g/mol. The summed E-state index contributed by atoms with van der Waals surface area (Å²) in [7, 11) is -1.95. The molecule has 1 amide bonds. The summed E-state index contributed by atoms with van der Waals surface area (Å²) < 4.78 is 28.9. The first-order valence-electron chi connectivity index (χ1n) is 8.60. The van der Waals surface area contributed by atoms with Crippen molar-refractivity contribution in [2.75, 3.05) is 25.2 Å². The smallest absolute Gasteiger partial charge is 0.283 e. The number of benzene rings is 2. The van der Waals surface area contributed by atoms with Crippen molar-refractivity contribution in [1.29, 1.82) is 0 Å². The third-order valence-corrected chi connectivity index (χ3v) is 6.76. The zero-order chi connectivity index (χ0) is 20.3. The molecule has 1 saturated heterocycles. The van der Waals surface area contributed by atoms with E-state index in [9.17, 15) is 13.2 Å². The molecule has 2 aromatic carbocycles. The minimum atomic E-state index is -3.78. The number of carbonyl (C=O) groups is 1. The third-order valence-electron chi connectivity index (χ3n) is 4.39. The number of hydrogen-bond acceptors (Lipinski definition) is 4. The van der Waals surface area contributed by atoms with Gasteiger partial charge in [-0.15, -0.1) is 16.2 Å². The predicted molar refractivity (Wildman–Crippen MR) is 114 cm³/mol. The van der Waals surface area contributed by atoms with Crippen LogP contribution in [0, 0.1) is 0 Å². The standard InChI is InChI=1S/C19H20ClN3O3S2/c1-23-11-3-4-18(23)22-28(25,26)15-8-5-13(6-9-15)21-19(24)16-12-14(27-2)7-10-17(16)20/h5-10,12H,3-4,11H2,1-2H3,(H,21,24). The first-order chi connectivity index (χ1) is 13.3. The highest BCUT2D eigenvalue weighted by molar-refractivity contribution is 7.98. The maximum Gasteiger partial charge on any atom is 0.283 e. The molecule has 0 spiro atoms. The van der Waals surface area contributed by atoms with E-state index in [1.807, 2.05) is 24.3 Å². The maximum absolute atomic E-state index is 12.5. The van der Waals surface area contributed by atoms with Gasteiger partial charge in [0.25, 0.3) is 15.9 Å². The Morgan fingerprint density at radius 1 is 1.21 bits per heavy atom. The summed E-state index contributed by atoms with van der Waals surface area (Å²) in [5, 5.41) is 3.09. The number of carbonyl (C=O) groups excluding carboxylic acids is 1. The van der Waals surface area contributed by atoms with Crippen LogP contribution in [-0.2, 0) is 10.0 Å². The zero-order valence-electron chi connectivity index (χ0n) is 15.5. The van der Waals surface area contributed by atoms with Gasteiger partial charge in [0.1, 0.15) is 5.84 Å². The summed E-state index contributed by atoms with van der Waals surface area (Å²) in [5.74, 6) is 0.213. The molecule has 28 heavy (non-hydrogen) atoms. The summed E-state index contributed by atoms with van der Waals surface area (Å²) in [6.07, 6.45) is 3.46. The monoisotopic (exact) mass is 437 g/mol. The Morgan fingerprint density at radius 3 is 2.54 bits per heavy atom. The lowest BCUT2D eigenvalue weighted by Gasteiger charge is -2.11. The minimum absolute atomic E-state index is 0.0840. The molecule has 2 aromatic rings. The Labute approximate surface area is 174 Å². The molecule has 0 unspecified atom stereocenters. The van der Waals surface area contributed by atoms with Crippen molar-refractivity contribution in [2.45, 2.75) is 22.6 Å². The lowest BCUT2D eigenvalue weighted by atomic mass is 10.2. The van der Waals surface area contributed by atoms with Crippen molar-refractivity contribution in [3.8, 4) is 0 Å². The number of sulfonamides is 1. The summed E-state index contributed by atoms with van der Waals surface area (Å²) in [5.41, 5.74) is 0.834. The Balaban J connectivity index is 1.77. The van der Waals surface area contributed by atoms with Crippen LogP contribution in [0.25, 0.3) is 0 Å². The highest BCUT2D eigenvalue weighted by atomic mass is 35.5. The van der Waals surface area contributed by atoms with Gasteiger partial charge < -0.3 is 10.2 Å². The van der Waals surface area contributed by atoms with Gasteiger partial charge in [-0.1, -0.05) is 11.6 Å². The van der Waals surface area contributed by atoms with E-state index in [1.165, 1.54) is 36.0 Å². The molecule has 1 aliphatic heterocycles. The van der Waals surface area contributed by atoms with Gasteiger partial charge in [0.15, 0.2) is 0 Å². The number of likely N-dealkylation sites (tertiary alicyclic amines) is 1. The molecule has 1 heterocycles. The first-order valence-corrected chi connectivity index (χ1v) is 11.6. The molecule has 148 valence electrons. The fraction of sp³-hybridized carbons (Fsp3) is 0.263. The number of amides is 1. The molecule has 1 fully saturated rings. The molecule has 0 saturated carbocycles. The molecule has 3 rings (SSSR count). The number of nitrogens with zero attached hydrogens (tertiary/aromatic N) is 2. The largest absolute Gasteiger partial charge is 0.362 e. The molecular weight excluding hydrogens is 418 g/mol. The fourth-order valence-corrected chi connectivity index (χ4v) is 4.55. The van der Waals surface area contributed by atoms with Crippen LogP contribution in [-0.4, -0.2) is 44.9 Å². The van der Waals surface area contributed by atoms with Gasteiger partial charge in [-0.25, -0.2) is 0 Å². The second-order valence-corrected chi connectivity index (χ2v) is 9.22. The van der Waals surface area contributed by atoms with E-state index in [0.29, 0.717) is 28.5 Å². The van der Waals surface area contributed by atoms with Gasteiger partial charge in [-0.05, 0) is 55.1 Å². The predicted octanol–water partition coefficient (Wildman–Crippen LogP) is 4.13. The highest BCUT2D eigenvalue weighted by Gasteiger charge is 2.20. The number of thioether (sulfide) groups is 1. The Morgan fingerprint density at radius 2 is 1.93 bits per heavy atom. The number of rotatable bonds is 5. The zero-order valence-corrected chi connectivity index (χ0v) is 17.9. The molecule has 9 heteroatoms. The van der Waals surface area contributed by atoms with Gasteiger partial charge >= 0.3 is 0 Å². The second-order valence-electron chi connectivity index (χ2n) is 6.33. The van der Waals surface area contributed by atoms with Crippen molar-refractivity contribution in [2.24, 2.45) is 4.40 Å². The van der Waals surface area contributed by atoms with Crippen molar-refractivity contribution in [3.05, 3.63) is 53.1 Å². The first kappa shape index (κ1) is 20.7. The van der Waals surface area contributed by atoms with E-state index in [-0.39, 0.29) is 10.8 Å². The normalized spacial score (nSPS) is 15.8. The molecule has 0 bridgehead atoms. The molecular formula is C19H20ClN3O3S2. The van der Waals surface area contributed by atoms with Gasteiger partial charge in [-0.3, -0.25) is 4.79 Å². The van der Waals surface area contributed by atoms with Crippen LogP contribution in [0.1, 0.15) is 23.2 Å². The van der Waals surface area contributed by atoms with E-state index < -0.39 is 10.0 Å². The van der Waals surface area contributed by atoms with Gasteiger partial charge in [0.2, 0.25) is 0 Å². The SMILES string of the molecule is CSc1ccc(Cl)c(C(=O)Nc2ccc(S(=O)(=O)N=C3CCCN3C)cc2)c1. The molecule has 0 aliphatic carbocycles. The number of nitrogens with one attached hydrogen (secondary N) is 1. The van der Waals surface area contributed by atoms with E-state index in [0.717, 1.165) is 17.9 Å². The summed E-state index contributed by atoms with van der Waals surface area (Å²) >= 11 is 7.64. The van der Waals surface area contributed by atoms with Crippen LogP contribution in [0.4, 0.5) is 5.69 Å². The van der Waals surface area contributed by atoms with E-state index in [4.69, 9.17) is 11.6 Å². The number of halogens is 1. The maximum atomic E-state index is 12.5. The third kappa shape index (κ3) is 4.68. The Kier molecular flexibility index (Phi) is 6.32. The van der Waals surface area contributed by atoms with E-state index >= 15 is 0 Å². The van der Waals surface area contributed by atoms with Crippen LogP contribution in [0.15, 0.2) is 56.7 Å². The van der Waals surface area contributed by atoms with Crippen LogP contribution in [0.3, 0.4) is 0 Å². The summed E-state index contributed by atoms with van der Waals surface area (Å²) in [6, 6.07) is 11.2. The minimum Gasteiger partial charge on any atom is -0.362 e. The van der Waals surface area contributed by atoms with Crippen molar-refractivity contribution >= 4 is 50.8 Å².